The number of nitrogens with one attached hydrogen (secondary N) is 2. The van der Waals surface area contributed by atoms with Gasteiger partial charge in [0.05, 0.1) is 12.2 Å². The first-order chi connectivity index (χ1) is 11.1. The third-order valence-corrected chi connectivity index (χ3v) is 4.83. The lowest BCUT2D eigenvalue weighted by Gasteiger charge is -2.23. The molecule has 0 aliphatic heterocycles. The van der Waals surface area contributed by atoms with Gasteiger partial charge in [0.15, 0.2) is 5.76 Å². The molecule has 0 fully saturated rings. The monoisotopic (exact) mass is 330 g/mol. The van der Waals surface area contributed by atoms with E-state index in [1.807, 2.05) is 25.3 Å². The molecular weight excluding hydrogens is 308 g/mol. The van der Waals surface area contributed by atoms with Crippen molar-refractivity contribution in [3.05, 3.63) is 52.0 Å². The fraction of sp³-hybridized carbons (Fsp3) is 0.353. The number of aromatic amines is 1. The van der Waals surface area contributed by atoms with Crippen LogP contribution in [0.15, 0.2) is 40.3 Å². The fourth-order valence-corrected chi connectivity index (χ4v) is 3.51. The molecule has 0 aliphatic rings. The quantitative estimate of drug-likeness (QED) is 0.697. The Balaban J connectivity index is 1.64. The van der Waals surface area contributed by atoms with Gasteiger partial charge in [0.1, 0.15) is 11.5 Å². The van der Waals surface area contributed by atoms with E-state index in [-0.39, 0.29) is 0 Å². The van der Waals surface area contributed by atoms with Gasteiger partial charge in [-0.15, -0.1) is 11.3 Å². The van der Waals surface area contributed by atoms with Gasteiger partial charge in [-0.2, -0.15) is 5.10 Å². The average molecular weight is 330 g/mol. The number of aromatic nitrogens is 2. The Labute approximate surface area is 140 Å². The van der Waals surface area contributed by atoms with Crippen molar-refractivity contribution >= 4 is 11.3 Å². The number of thiophene rings is 1. The zero-order chi connectivity index (χ0) is 16.2. The summed E-state index contributed by atoms with van der Waals surface area (Å²) >= 11 is 1.79. The van der Waals surface area contributed by atoms with Gasteiger partial charge >= 0.3 is 0 Å². The van der Waals surface area contributed by atoms with Crippen LogP contribution in [0.4, 0.5) is 0 Å². The zero-order valence-electron chi connectivity index (χ0n) is 13.7. The molecule has 0 saturated carbocycles. The Morgan fingerprint density at radius 1 is 1.35 bits per heavy atom. The number of nitrogens with zero attached hydrogens (tertiary/aromatic N) is 2. The van der Waals surface area contributed by atoms with Gasteiger partial charge in [0, 0.05) is 23.5 Å². The van der Waals surface area contributed by atoms with E-state index in [1.165, 1.54) is 4.88 Å². The first kappa shape index (κ1) is 16.0. The van der Waals surface area contributed by atoms with E-state index in [0.29, 0.717) is 6.04 Å². The molecule has 2 N–H and O–H groups in total. The second-order valence-corrected chi connectivity index (χ2v) is 6.79. The van der Waals surface area contributed by atoms with E-state index < -0.39 is 0 Å². The first-order valence-electron chi connectivity index (χ1n) is 7.64. The van der Waals surface area contributed by atoms with Crippen LogP contribution >= 0.6 is 11.3 Å². The van der Waals surface area contributed by atoms with E-state index in [0.717, 1.165) is 35.9 Å². The van der Waals surface area contributed by atoms with Crippen LogP contribution in [0.5, 0.6) is 0 Å². The minimum Gasteiger partial charge on any atom is -0.460 e. The van der Waals surface area contributed by atoms with Crippen LogP contribution in [0, 0.1) is 6.92 Å². The fourth-order valence-electron chi connectivity index (χ4n) is 2.59. The summed E-state index contributed by atoms with van der Waals surface area (Å²) < 4.78 is 5.69. The molecule has 0 spiro atoms. The number of hydrogen-bond acceptors (Lipinski definition) is 5. The van der Waals surface area contributed by atoms with Gasteiger partial charge in [-0.3, -0.25) is 5.10 Å². The molecule has 0 aliphatic carbocycles. The van der Waals surface area contributed by atoms with Crippen molar-refractivity contribution in [3.8, 4) is 11.5 Å². The molecule has 0 aromatic carbocycles. The van der Waals surface area contributed by atoms with Crippen molar-refractivity contribution < 1.29 is 4.42 Å². The van der Waals surface area contributed by atoms with Crippen LogP contribution in [-0.4, -0.2) is 35.7 Å². The maximum atomic E-state index is 5.69. The molecule has 3 heterocycles. The highest BCUT2D eigenvalue weighted by Gasteiger charge is 2.16. The maximum absolute atomic E-state index is 5.69. The van der Waals surface area contributed by atoms with Crippen LogP contribution in [-0.2, 0) is 6.54 Å². The SMILES string of the molecule is Cc1ccc(-c2[nH]ncc2CNCC(c2cccs2)N(C)C)o1. The van der Waals surface area contributed by atoms with Gasteiger partial charge in [-0.25, -0.2) is 0 Å². The van der Waals surface area contributed by atoms with E-state index >= 15 is 0 Å². The second kappa shape index (κ2) is 7.12. The van der Waals surface area contributed by atoms with Gasteiger partial charge in [0.2, 0.25) is 0 Å². The van der Waals surface area contributed by atoms with Crippen LogP contribution in [0.1, 0.15) is 22.2 Å². The Hall–Kier alpha value is -1.89. The van der Waals surface area contributed by atoms with Gasteiger partial charge in [-0.05, 0) is 44.6 Å². The zero-order valence-corrected chi connectivity index (χ0v) is 14.5. The summed E-state index contributed by atoms with van der Waals surface area (Å²) in [5, 5.41) is 12.9. The van der Waals surface area contributed by atoms with Crippen LogP contribution in [0.2, 0.25) is 0 Å². The highest BCUT2D eigenvalue weighted by Crippen LogP contribution is 2.24. The topological polar surface area (TPSA) is 57.1 Å². The average Bonchev–Trinajstić information content (AvgIpc) is 3.24. The molecule has 5 nitrogen and oxygen atoms in total. The summed E-state index contributed by atoms with van der Waals surface area (Å²) in [6, 6.07) is 8.60. The van der Waals surface area contributed by atoms with Crippen molar-refractivity contribution in [1.29, 1.82) is 0 Å². The Morgan fingerprint density at radius 2 is 2.22 bits per heavy atom. The molecule has 3 rings (SSSR count). The number of aryl methyl sites for hydroxylation is 1. The predicted octanol–water partition coefficient (Wildman–Crippen LogP) is 3.43. The number of rotatable bonds is 7. The van der Waals surface area contributed by atoms with Gasteiger partial charge in [0.25, 0.3) is 0 Å². The Kier molecular flexibility index (Phi) is 4.95. The van der Waals surface area contributed by atoms with Crippen LogP contribution < -0.4 is 5.32 Å². The third kappa shape index (κ3) is 3.72. The smallest absolute Gasteiger partial charge is 0.152 e. The minimum absolute atomic E-state index is 0.371. The van der Waals surface area contributed by atoms with Crippen molar-refractivity contribution in [2.75, 3.05) is 20.6 Å². The third-order valence-electron chi connectivity index (χ3n) is 3.85. The number of hydrogen-bond donors (Lipinski definition) is 2. The van der Waals surface area contributed by atoms with Crippen molar-refractivity contribution in [2.24, 2.45) is 0 Å². The Bertz CT molecular complexity index is 729. The largest absolute Gasteiger partial charge is 0.460 e. The summed E-state index contributed by atoms with van der Waals surface area (Å²) in [6.45, 7) is 3.58. The number of likely N-dealkylation sites (N-methyl/N-ethyl adjacent to an activating group) is 1. The molecular formula is C17H22N4OS. The number of furan rings is 1. The molecule has 0 amide bonds. The highest BCUT2D eigenvalue weighted by atomic mass is 32.1. The summed E-state index contributed by atoms with van der Waals surface area (Å²) in [6.07, 6.45) is 1.86. The molecule has 3 aromatic heterocycles. The van der Waals surface area contributed by atoms with Crippen molar-refractivity contribution in [3.63, 3.8) is 0 Å². The van der Waals surface area contributed by atoms with E-state index in [1.54, 1.807) is 11.3 Å². The first-order valence-corrected chi connectivity index (χ1v) is 8.52. The standard InChI is InChI=1S/C17H22N4OS/c1-12-6-7-15(22-12)17-13(10-19-20-17)9-18-11-14(21(2)3)16-5-4-8-23-16/h4-8,10,14,18H,9,11H2,1-3H3,(H,19,20). The maximum Gasteiger partial charge on any atom is 0.152 e. The lowest BCUT2D eigenvalue weighted by Crippen LogP contribution is -2.30. The molecule has 0 radical (unpaired) electrons. The van der Waals surface area contributed by atoms with Crippen LogP contribution in [0.25, 0.3) is 11.5 Å². The van der Waals surface area contributed by atoms with E-state index in [4.69, 9.17) is 4.42 Å². The molecule has 6 heteroatoms. The van der Waals surface area contributed by atoms with Crippen molar-refractivity contribution in [1.82, 2.24) is 20.4 Å². The summed E-state index contributed by atoms with van der Waals surface area (Å²) in [5.41, 5.74) is 2.06. The molecule has 3 aromatic rings. The molecule has 122 valence electrons. The summed E-state index contributed by atoms with van der Waals surface area (Å²) in [5.74, 6) is 1.73. The van der Waals surface area contributed by atoms with Gasteiger partial charge in [-0.1, -0.05) is 6.07 Å². The Morgan fingerprint density at radius 3 is 2.87 bits per heavy atom. The second-order valence-electron chi connectivity index (χ2n) is 5.81. The minimum atomic E-state index is 0.371. The van der Waals surface area contributed by atoms with Crippen molar-refractivity contribution in [2.45, 2.75) is 19.5 Å². The lowest BCUT2D eigenvalue weighted by atomic mass is 10.2. The van der Waals surface area contributed by atoms with Gasteiger partial charge < -0.3 is 14.6 Å². The predicted molar refractivity (Wildman–Crippen MR) is 93.5 cm³/mol. The van der Waals surface area contributed by atoms with Crippen LogP contribution in [0.3, 0.4) is 0 Å². The highest BCUT2D eigenvalue weighted by molar-refractivity contribution is 7.10. The normalized spacial score (nSPS) is 12.9. The molecule has 23 heavy (non-hydrogen) atoms. The van der Waals surface area contributed by atoms with E-state index in [2.05, 4.69) is 52.0 Å². The number of H-pyrrole nitrogens is 1. The summed E-state index contributed by atoms with van der Waals surface area (Å²) in [4.78, 5) is 3.61. The summed E-state index contributed by atoms with van der Waals surface area (Å²) in [7, 11) is 4.22. The molecule has 1 unspecified atom stereocenters. The molecule has 1 atom stereocenters. The molecule has 0 bridgehead atoms. The van der Waals surface area contributed by atoms with E-state index in [9.17, 15) is 0 Å². The lowest BCUT2D eigenvalue weighted by molar-refractivity contribution is 0.292. The molecule has 0 saturated heterocycles.